The lowest BCUT2D eigenvalue weighted by molar-refractivity contribution is -0.124. The predicted molar refractivity (Wildman–Crippen MR) is 150 cm³/mol. The monoisotopic (exact) mass is 534 g/mol. The molecule has 0 spiro atoms. The molecule has 0 unspecified atom stereocenters. The van der Waals surface area contributed by atoms with E-state index in [1.54, 1.807) is 18.2 Å². The number of fused-ring (bicyclic) bond motifs is 1. The van der Waals surface area contributed by atoms with Gasteiger partial charge in [0.15, 0.2) is 5.78 Å². The molecule has 2 aromatic rings. The summed E-state index contributed by atoms with van der Waals surface area (Å²) in [5.41, 5.74) is 3.03. The van der Waals surface area contributed by atoms with Gasteiger partial charge in [-0.15, -0.1) is 0 Å². The third-order valence-electron chi connectivity index (χ3n) is 7.28. The Balaban J connectivity index is 1.70. The molecule has 4 rings (SSSR count). The highest BCUT2D eigenvalue weighted by atomic mass is 16.3. The molecule has 208 valence electrons. The van der Waals surface area contributed by atoms with Crippen molar-refractivity contribution in [2.24, 2.45) is 16.4 Å². The number of nitrogens with zero attached hydrogens (tertiary/aromatic N) is 3. The van der Waals surface area contributed by atoms with Crippen molar-refractivity contribution in [2.45, 2.75) is 66.1 Å². The van der Waals surface area contributed by atoms with Crippen LogP contribution >= 0.6 is 0 Å². The number of Topliss-reactive ketones (excluding diaryl/α,β-unsaturated/α-hetero) is 1. The van der Waals surface area contributed by atoms with Gasteiger partial charge in [-0.05, 0) is 42.2 Å². The van der Waals surface area contributed by atoms with Crippen molar-refractivity contribution < 1.29 is 24.6 Å². The molecular formula is C30H38N4O5. The van der Waals surface area contributed by atoms with Gasteiger partial charge in [0.25, 0.3) is 0 Å². The van der Waals surface area contributed by atoms with Crippen molar-refractivity contribution in [2.75, 3.05) is 23.3 Å². The summed E-state index contributed by atoms with van der Waals surface area (Å²) in [7, 11) is 0. The molecule has 0 radical (unpaired) electrons. The number of para-hydroxylation sites is 1. The Morgan fingerprint density at radius 1 is 0.974 bits per heavy atom. The van der Waals surface area contributed by atoms with Gasteiger partial charge in [-0.3, -0.25) is 14.5 Å². The molecule has 0 atom stereocenters. The van der Waals surface area contributed by atoms with Crippen molar-refractivity contribution in [1.82, 2.24) is 5.01 Å². The van der Waals surface area contributed by atoms with Gasteiger partial charge in [0.1, 0.15) is 6.54 Å². The molecule has 3 amide bonds. The fourth-order valence-electron chi connectivity index (χ4n) is 5.06. The maximum Gasteiger partial charge on any atom is 0.345 e. The number of ketones is 1. The standard InChI is InChI=1S/C30H38N4O5/c1-30(2,3)26(37)16-33-25-12-8-7-11-24(25)28(22-9-5-4-6-10-22)32-34(29(33)39)17-27(38)31-23-14-20(18-35)13-21(15-23)19-36/h7-8,11-15,22,35-36H,4-6,9-10,16-19H2,1-3H3,(H,31,38). The zero-order valence-electron chi connectivity index (χ0n) is 22.9. The second-order valence-electron chi connectivity index (χ2n) is 11.3. The van der Waals surface area contributed by atoms with Gasteiger partial charge in [-0.2, -0.15) is 5.10 Å². The fourth-order valence-corrected chi connectivity index (χ4v) is 5.06. The first-order valence-electron chi connectivity index (χ1n) is 13.6. The van der Waals surface area contributed by atoms with Crippen LogP contribution in [0.4, 0.5) is 16.2 Å². The van der Waals surface area contributed by atoms with Crippen LogP contribution in [0.25, 0.3) is 0 Å². The number of urea groups is 1. The van der Waals surface area contributed by atoms with Crippen LogP contribution in [0.2, 0.25) is 0 Å². The Kier molecular flexibility index (Phi) is 8.82. The van der Waals surface area contributed by atoms with Gasteiger partial charge in [-0.1, -0.05) is 64.3 Å². The first-order valence-corrected chi connectivity index (χ1v) is 13.6. The molecule has 1 aliphatic carbocycles. The third-order valence-corrected chi connectivity index (χ3v) is 7.28. The average molecular weight is 535 g/mol. The molecular weight excluding hydrogens is 496 g/mol. The zero-order chi connectivity index (χ0) is 28.2. The van der Waals surface area contributed by atoms with E-state index in [1.807, 2.05) is 45.0 Å². The normalized spacial score (nSPS) is 16.4. The van der Waals surface area contributed by atoms with Crippen molar-refractivity contribution >= 4 is 34.8 Å². The molecule has 0 bridgehead atoms. The summed E-state index contributed by atoms with van der Waals surface area (Å²) in [5, 5.41) is 27.8. The van der Waals surface area contributed by atoms with E-state index >= 15 is 0 Å². The summed E-state index contributed by atoms with van der Waals surface area (Å²) in [5.74, 6) is -0.444. The molecule has 1 heterocycles. The van der Waals surface area contributed by atoms with E-state index in [0.717, 1.165) is 48.4 Å². The van der Waals surface area contributed by atoms with E-state index < -0.39 is 17.4 Å². The minimum absolute atomic E-state index is 0.103. The molecule has 1 saturated carbocycles. The van der Waals surface area contributed by atoms with Crippen LogP contribution in [-0.2, 0) is 22.8 Å². The highest BCUT2D eigenvalue weighted by Gasteiger charge is 2.36. The Hall–Kier alpha value is -3.56. The molecule has 9 nitrogen and oxygen atoms in total. The maximum atomic E-state index is 13.9. The highest BCUT2D eigenvalue weighted by Crippen LogP contribution is 2.34. The quantitative estimate of drug-likeness (QED) is 0.462. The van der Waals surface area contributed by atoms with E-state index in [9.17, 15) is 24.6 Å². The van der Waals surface area contributed by atoms with Gasteiger partial charge in [0.05, 0.1) is 31.2 Å². The Morgan fingerprint density at radius 3 is 2.23 bits per heavy atom. The second kappa shape index (κ2) is 12.1. The van der Waals surface area contributed by atoms with Crippen molar-refractivity contribution in [3.8, 4) is 0 Å². The number of carbonyl (C=O) groups excluding carboxylic acids is 3. The third kappa shape index (κ3) is 6.72. The minimum atomic E-state index is -0.654. The summed E-state index contributed by atoms with van der Waals surface area (Å²) in [6.45, 7) is 4.47. The van der Waals surface area contributed by atoms with E-state index in [0.29, 0.717) is 22.5 Å². The van der Waals surface area contributed by atoms with Gasteiger partial charge in [0, 0.05) is 22.6 Å². The first kappa shape index (κ1) is 28.4. The number of hydrogen-bond acceptors (Lipinski definition) is 6. The topological polar surface area (TPSA) is 123 Å². The van der Waals surface area contributed by atoms with Crippen molar-refractivity contribution in [3.05, 3.63) is 59.2 Å². The smallest absolute Gasteiger partial charge is 0.345 e. The molecule has 3 N–H and O–H groups in total. The van der Waals surface area contributed by atoms with Gasteiger partial charge >= 0.3 is 6.03 Å². The fraction of sp³-hybridized carbons (Fsp3) is 0.467. The summed E-state index contributed by atoms with van der Waals surface area (Å²) in [6, 6.07) is 11.9. The van der Waals surface area contributed by atoms with Gasteiger partial charge in [-0.25, -0.2) is 9.80 Å². The number of nitrogens with one attached hydrogen (secondary N) is 1. The average Bonchev–Trinajstić information content (AvgIpc) is 3.03. The van der Waals surface area contributed by atoms with Crippen LogP contribution in [0, 0.1) is 11.3 Å². The number of rotatable bonds is 8. The molecule has 9 heteroatoms. The van der Waals surface area contributed by atoms with E-state index in [-0.39, 0.29) is 38.0 Å². The summed E-state index contributed by atoms with van der Waals surface area (Å²) < 4.78 is 0. The number of carbonyl (C=O) groups is 3. The molecule has 2 aromatic carbocycles. The van der Waals surface area contributed by atoms with Crippen molar-refractivity contribution in [3.63, 3.8) is 0 Å². The number of benzene rings is 2. The number of anilines is 2. The van der Waals surface area contributed by atoms with Crippen LogP contribution in [0.3, 0.4) is 0 Å². The number of amides is 3. The second-order valence-corrected chi connectivity index (χ2v) is 11.3. The van der Waals surface area contributed by atoms with E-state index in [2.05, 4.69) is 5.32 Å². The van der Waals surface area contributed by atoms with Crippen LogP contribution in [-0.4, -0.2) is 51.7 Å². The summed E-state index contributed by atoms with van der Waals surface area (Å²) in [6.07, 6.45) is 5.19. The SMILES string of the molecule is CC(C)(C)C(=O)CN1C(=O)N(CC(=O)Nc2cc(CO)cc(CO)c2)N=C(C2CCCCC2)c2ccccc21. The molecule has 39 heavy (non-hydrogen) atoms. The highest BCUT2D eigenvalue weighted by molar-refractivity contribution is 6.13. The maximum absolute atomic E-state index is 13.9. The lowest BCUT2D eigenvalue weighted by atomic mass is 9.83. The lowest BCUT2D eigenvalue weighted by Gasteiger charge is -2.28. The van der Waals surface area contributed by atoms with Gasteiger partial charge < -0.3 is 15.5 Å². The van der Waals surface area contributed by atoms with Crippen LogP contribution in [0.5, 0.6) is 0 Å². The summed E-state index contributed by atoms with van der Waals surface area (Å²) >= 11 is 0. The molecule has 0 aromatic heterocycles. The Morgan fingerprint density at radius 2 is 1.62 bits per heavy atom. The van der Waals surface area contributed by atoms with Crippen LogP contribution < -0.4 is 10.2 Å². The largest absolute Gasteiger partial charge is 0.392 e. The Labute approximate surface area is 229 Å². The van der Waals surface area contributed by atoms with Crippen LogP contribution in [0.15, 0.2) is 47.6 Å². The molecule has 1 aliphatic heterocycles. The van der Waals surface area contributed by atoms with E-state index in [1.165, 1.54) is 4.90 Å². The van der Waals surface area contributed by atoms with Gasteiger partial charge in [0.2, 0.25) is 5.91 Å². The van der Waals surface area contributed by atoms with E-state index in [4.69, 9.17) is 5.10 Å². The number of aliphatic hydroxyl groups excluding tert-OH is 2. The predicted octanol–water partition coefficient (Wildman–Crippen LogP) is 4.45. The molecule has 0 saturated heterocycles. The zero-order valence-corrected chi connectivity index (χ0v) is 22.9. The Bertz CT molecular complexity index is 1240. The summed E-state index contributed by atoms with van der Waals surface area (Å²) in [4.78, 5) is 41.7. The van der Waals surface area contributed by atoms with Crippen molar-refractivity contribution in [1.29, 1.82) is 0 Å². The number of aliphatic hydroxyl groups is 2. The molecule has 1 fully saturated rings. The number of hydrogen-bond donors (Lipinski definition) is 3. The first-order chi connectivity index (χ1) is 18.6. The molecule has 2 aliphatic rings. The van der Waals surface area contributed by atoms with Crippen LogP contribution in [0.1, 0.15) is 69.6 Å². The lowest BCUT2D eigenvalue weighted by Crippen LogP contribution is -2.47. The number of hydrazone groups is 1. The minimum Gasteiger partial charge on any atom is -0.392 e.